The normalized spacial score (nSPS) is 10.1. The molecule has 0 aliphatic heterocycles. The fourth-order valence-corrected chi connectivity index (χ4v) is 2.56. The highest BCUT2D eigenvalue weighted by atomic mass is 32.1. The standard InChI is InChI=1S/C13H14N4S/c1-10-4-6-18-12(10)3-5-17(2)13-7-11(8-14)15-9-16-13/h4,6-7,9H,3,5H2,1-2H3. The highest BCUT2D eigenvalue weighted by molar-refractivity contribution is 7.10. The van der Waals surface area contributed by atoms with Gasteiger partial charge in [0.25, 0.3) is 0 Å². The van der Waals surface area contributed by atoms with E-state index in [-0.39, 0.29) is 0 Å². The summed E-state index contributed by atoms with van der Waals surface area (Å²) in [4.78, 5) is 11.5. The highest BCUT2D eigenvalue weighted by Gasteiger charge is 2.06. The van der Waals surface area contributed by atoms with Gasteiger partial charge < -0.3 is 4.90 Å². The van der Waals surface area contributed by atoms with Crippen LogP contribution in [0.3, 0.4) is 0 Å². The van der Waals surface area contributed by atoms with Gasteiger partial charge in [0.2, 0.25) is 0 Å². The van der Waals surface area contributed by atoms with E-state index < -0.39 is 0 Å². The van der Waals surface area contributed by atoms with Crippen molar-refractivity contribution in [3.05, 3.63) is 40.0 Å². The van der Waals surface area contributed by atoms with Crippen molar-refractivity contribution < 1.29 is 0 Å². The van der Waals surface area contributed by atoms with Gasteiger partial charge in [0.15, 0.2) is 0 Å². The first-order chi connectivity index (χ1) is 8.70. The zero-order valence-electron chi connectivity index (χ0n) is 10.4. The van der Waals surface area contributed by atoms with Gasteiger partial charge in [-0.3, -0.25) is 0 Å². The van der Waals surface area contributed by atoms with Crippen molar-refractivity contribution in [2.75, 3.05) is 18.5 Å². The first-order valence-electron chi connectivity index (χ1n) is 5.67. The van der Waals surface area contributed by atoms with Crippen LogP contribution < -0.4 is 4.90 Å². The van der Waals surface area contributed by atoms with Gasteiger partial charge in [0.05, 0.1) is 0 Å². The van der Waals surface area contributed by atoms with Crippen LogP contribution in [0.1, 0.15) is 16.1 Å². The van der Waals surface area contributed by atoms with Crippen LogP contribution in [-0.4, -0.2) is 23.6 Å². The molecule has 0 N–H and O–H groups in total. The van der Waals surface area contributed by atoms with Gasteiger partial charge >= 0.3 is 0 Å². The third-order valence-electron chi connectivity index (χ3n) is 2.80. The van der Waals surface area contributed by atoms with Crippen molar-refractivity contribution in [2.45, 2.75) is 13.3 Å². The second-order valence-electron chi connectivity index (χ2n) is 4.07. The smallest absolute Gasteiger partial charge is 0.145 e. The number of nitriles is 1. The van der Waals surface area contributed by atoms with Gasteiger partial charge in [-0.25, -0.2) is 9.97 Å². The van der Waals surface area contributed by atoms with Gasteiger partial charge in [-0.05, 0) is 30.4 Å². The molecule has 0 aromatic carbocycles. The van der Waals surface area contributed by atoms with Crippen molar-refractivity contribution >= 4 is 17.2 Å². The minimum absolute atomic E-state index is 0.402. The van der Waals surface area contributed by atoms with Crippen LogP contribution in [0.4, 0.5) is 5.82 Å². The van der Waals surface area contributed by atoms with Gasteiger partial charge in [0.1, 0.15) is 23.9 Å². The lowest BCUT2D eigenvalue weighted by Gasteiger charge is -2.17. The third kappa shape index (κ3) is 2.84. The number of hydrogen-bond donors (Lipinski definition) is 0. The van der Waals surface area contributed by atoms with Crippen LogP contribution in [0.5, 0.6) is 0 Å². The number of anilines is 1. The van der Waals surface area contributed by atoms with Crippen molar-refractivity contribution in [3.63, 3.8) is 0 Å². The van der Waals surface area contributed by atoms with E-state index in [0.717, 1.165) is 18.8 Å². The molecule has 0 saturated carbocycles. The number of rotatable bonds is 4. The minimum Gasteiger partial charge on any atom is -0.359 e. The molecule has 0 atom stereocenters. The maximum atomic E-state index is 8.80. The largest absolute Gasteiger partial charge is 0.359 e. The van der Waals surface area contributed by atoms with Crippen molar-refractivity contribution in [2.24, 2.45) is 0 Å². The quantitative estimate of drug-likeness (QED) is 0.845. The number of aromatic nitrogens is 2. The van der Waals surface area contributed by atoms with Gasteiger partial charge in [-0.2, -0.15) is 5.26 Å². The Balaban J connectivity index is 2.01. The van der Waals surface area contributed by atoms with Crippen molar-refractivity contribution in [3.8, 4) is 6.07 Å². The molecule has 2 aromatic heterocycles. The second-order valence-corrected chi connectivity index (χ2v) is 5.07. The Hall–Kier alpha value is -1.93. The minimum atomic E-state index is 0.402. The molecular formula is C13H14N4S. The zero-order valence-corrected chi connectivity index (χ0v) is 11.2. The predicted octanol–water partition coefficient (Wildman–Crippen LogP) is 2.40. The molecule has 0 unspecified atom stereocenters. The summed E-state index contributed by atoms with van der Waals surface area (Å²) in [6.07, 6.45) is 2.42. The Morgan fingerprint density at radius 2 is 2.28 bits per heavy atom. The molecular weight excluding hydrogens is 244 g/mol. The fraction of sp³-hybridized carbons (Fsp3) is 0.308. The van der Waals surface area contributed by atoms with Crippen LogP contribution in [0.15, 0.2) is 23.8 Å². The summed E-state index contributed by atoms with van der Waals surface area (Å²) in [6, 6.07) is 5.87. The third-order valence-corrected chi connectivity index (χ3v) is 3.88. The summed E-state index contributed by atoms with van der Waals surface area (Å²) in [6.45, 7) is 3.01. The molecule has 0 radical (unpaired) electrons. The summed E-state index contributed by atoms with van der Waals surface area (Å²) in [5, 5.41) is 10.9. The van der Waals surface area contributed by atoms with Gasteiger partial charge in [-0.1, -0.05) is 0 Å². The fourth-order valence-electron chi connectivity index (χ4n) is 1.66. The summed E-state index contributed by atoms with van der Waals surface area (Å²) >= 11 is 1.78. The van der Waals surface area contributed by atoms with E-state index in [0.29, 0.717) is 5.69 Å². The van der Waals surface area contributed by atoms with E-state index >= 15 is 0 Å². The van der Waals surface area contributed by atoms with Crippen LogP contribution in [-0.2, 0) is 6.42 Å². The average Bonchev–Trinajstić information content (AvgIpc) is 2.81. The number of nitrogens with zero attached hydrogens (tertiary/aromatic N) is 4. The number of aryl methyl sites for hydroxylation is 1. The molecule has 2 rings (SSSR count). The van der Waals surface area contributed by atoms with Crippen LogP contribution >= 0.6 is 11.3 Å². The van der Waals surface area contributed by atoms with Crippen molar-refractivity contribution in [1.82, 2.24) is 9.97 Å². The van der Waals surface area contributed by atoms with E-state index in [1.54, 1.807) is 17.4 Å². The molecule has 2 heterocycles. The molecule has 0 fully saturated rings. The Morgan fingerprint density at radius 3 is 2.94 bits per heavy atom. The van der Waals surface area contributed by atoms with E-state index in [1.807, 2.05) is 18.0 Å². The number of hydrogen-bond acceptors (Lipinski definition) is 5. The topological polar surface area (TPSA) is 52.8 Å². The summed E-state index contributed by atoms with van der Waals surface area (Å²) in [5.74, 6) is 0.788. The molecule has 0 aliphatic rings. The molecule has 4 nitrogen and oxygen atoms in total. The van der Waals surface area contributed by atoms with Gasteiger partial charge in [-0.15, -0.1) is 11.3 Å². The Bertz CT molecular complexity index is 570. The van der Waals surface area contributed by atoms with E-state index in [4.69, 9.17) is 5.26 Å². The molecule has 5 heteroatoms. The van der Waals surface area contributed by atoms with Crippen LogP contribution in [0, 0.1) is 18.3 Å². The SMILES string of the molecule is Cc1ccsc1CCN(C)c1cc(C#N)ncn1. The Kier molecular flexibility index (Phi) is 3.90. The predicted molar refractivity (Wildman–Crippen MR) is 72.8 cm³/mol. The van der Waals surface area contributed by atoms with Crippen LogP contribution in [0.25, 0.3) is 0 Å². The van der Waals surface area contributed by atoms with Gasteiger partial charge in [0, 0.05) is 24.5 Å². The number of likely N-dealkylation sites (N-methyl/N-ethyl adjacent to an activating group) is 1. The number of thiophene rings is 1. The summed E-state index contributed by atoms with van der Waals surface area (Å²) < 4.78 is 0. The van der Waals surface area contributed by atoms with E-state index in [2.05, 4.69) is 28.3 Å². The summed E-state index contributed by atoms with van der Waals surface area (Å²) in [7, 11) is 1.98. The first-order valence-corrected chi connectivity index (χ1v) is 6.55. The molecule has 18 heavy (non-hydrogen) atoms. The monoisotopic (exact) mass is 258 g/mol. The molecule has 0 spiro atoms. The highest BCUT2D eigenvalue weighted by Crippen LogP contribution is 2.17. The Labute approximate surface area is 111 Å². The molecule has 0 bridgehead atoms. The molecule has 0 amide bonds. The first kappa shape index (κ1) is 12.5. The molecule has 2 aromatic rings. The second kappa shape index (κ2) is 5.61. The van der Waals surface area contributed by atoms with Crippen molar-refractivity contribution in [1.29, 1.82) is 5.26 Å². The summed E-state index contributed by atoms with van der Waals surface area (Å²) in [5.41, 5.74) is 1.74. The maximum absolute atomic E-state index is 8.80. The molecule has 0 aliphatic carbocycles. The zero-order chi connectivity index (χ0) is 13.0. The lowest BCUT2D eigenvalue weighted by atomic mass is 10.2. The average molecular weight is 258 g/mol. The maximum Gasteiger partial charge on any atom is 0.145 e. The van der Waals surface area contributed by atoms with Crippen LogP contribution in [0.2, 0.25) is 0 Å². The lowest BCUT2D eigenvalue weighted by Crippen LogP contribution is -2.21. The van der Waals surface area contributed by atoms with E-state index in [1.165, 1.54) is 16.8 Å². The molecule has 0 saturated heterocycles. The molecule has 92 valence electrons. The van der Waals surface area contributed by atoms with E-state index in [9.17, 15) is 0 Å². The lowest BCUT2D eigenvalue weighted by molar-refractivity contribution is 0.860. The Morgan fingerprint density at radius 1 is 1.44 bits per heavy atom.